The van der Waals surface area contributed by atoms with E-state index in [2.05, 4.69) is 15.7 Å². The summed E-state index contributed by atoms with van der Waals surface area (Å²) >= 11 is 0. The molecular weight excluding hydrogens is 326 g/mol. The molecule has 0 aliphatic rings. The van der Waals surface area contributed by atoms with E-state index in [1.54, 1.807) is 13.1 Å². The predicted octanol–water partition coefficient (Wildman–Crippen LogP) is 3.22. The van der Waals surface area contributed by atoms with Crippen molar-refractivity contribution < 1.29 is 8.78 Å². The molecule has 0 saturated heterocycles. The Balaban J connectivity index is 2.24. The molecule has 0 unspecified atom stereocenters. The summed E-state index contributed by atoms with van der Waals surface area (Å²) < 4.78 is 28.5. The SMILES string of the molecule is CC[C@H](NC)c1nc2cccc(F)c2c(=O)n1Nc1ccc(F)cc1. The van der Waals surface area contributed by atoms with Crippen LogP contribution in [0.25, 0.3) is 10.9 Å². The third-order valence-corrected chi connectivity index (χ3v) is 4.03. The van der Waals surface area contributed by atoms with Crippen LogP contribution in [0.1, 0.15) is 25.2 Å². The summed E-state index contributed by atoms with van der Waals surface area (Å²) in [5.74, 6) is -0.589. The van der Waals surface area contributed by atoms with Gasteiger partial charge in [0.05, 0.1) is 17.2 Å². The Hall–Kier alpha value is -2.80. The van der Waals surface area contributed by atoms with Crippen molar-refractivity contribution in [2.24, 2.45) is 0 Å². The number of fused-ring (bicyclic) bond motifs is 1. The minimum Gasteiger partial charge on any atom is -0.310 e. The monoisotopic (exact) mass is 344 g/mol. The first-order valence-corrected chi connectivity index (χ1v) is 7.96. The number of anilines is 1. The normalized spacial score (nSPS) is 12.3. The second kappa shape index (κ2) is 6.98. The van der Waals surface area contributed by atoms with Gasteiger partial charge in [-0.05, 0) is 49.9 Å². The van der Waals surface area contributed by atoms with E-state index in [1.807, 2.05) is 6.92 Å². The van der Waals surface area contributed by atoms with E-state index in [9.17, 15) is 13.6 Å². The van der Waals surface area contributed by atoms with Gasteiger partial charge in [0.25, 0.3) is 5.56 Å². The summed E-state index contributed by atoms with van der Waals surface area (Å²) in [6.07, 6.45) is 0.675. The molecule has 0 aliphatic carbocycles. The third-order valence-electron chi connectivity index (χ3n) is 4.03. The number of hydrogen-bond acceptors (Lipinski definition) is 4. The van der Waals surface area contributed by atoms with Gasteiger partial charge in [0.1, 0.15) is 22.8 Å². The topological polar surface area (TPSA) is 59.0 Å². The molecule has 0 radical (unpaired) electrons. The molecule has 7 heteroatoms. The summed E-state index contributed by atoms with van der Waals surface area (Å²) in [7, 11) is 1.76. The van der Waals surface area contributed by atoms with Crippen molar-refractivity contribution in [1.29, 1.82) is 0 Å². The van der Waals surface area contributed by atoms with Gasteiger partial charge in [0, 0.05) is 0 Å². The van der Waals surface area contributed by atoms with Gasteiger partial charge in [-0.1, -0.05) is 13.0 Å². The highest BCUT2D eigenvalue weighted by Gasteiger charge is 2.19. The quantitative estimate of drug-likeness (QED) is 0.746. The molecule has 1 aromatic heterocycles. The standard InChI is InChI=1S/C18H18F2N4O/c1-3-14(21-2)17-22-15-6-4-5-13(20)16(15)18(25)24(17)23-12-9-7-11(19)8-10-12/h4-10,14,21,23H,3H2,1-2H3/t14-/m0/s1. The molecule has 2 aromatic carbocycles. The summed E-state index contributed by atoms with van der Waals surface area (Å²) in [5, 5.41) is 3.00. The van der Waals surface area contributed by atoms with Crippen LogP contribution in [0.3, 0.4) is 0 Å². The van der Waals surface area contributed by atoms with Crippen molar-refractivity contribution in [2.45, 2.75) is 19.4 Å². The molecule has 130 valence electrons. The average Bonchev–Trinajstić information content (AvgIpc) is 2.60. The Morgan fingerprint density at radius 2 is 1.88 bits per heavy atom. The average molecular weight is 344 g/mol. The molecule has 0 fully saturated rings. The maximum atomic E-state index is 14.2. The van der Waals surface area contributed by atoms with Gasteiger partial charge in [0.2, 0.25) is 0 Å². The van der Waals surface area contributed by atoms with Gasteiger partial charge in [-0.2, -0.15) is 0 Å². The Labute approximate surface area is 143 Å². The predicted molar refractivity (Wildman–Crippen MR) is 93.5 cm³/mol. The van der Waals surface area contributed by atoms with Gasteiger partial charge >= 0.3 is 0 Å². The zero-order valence-electron chi connectivity index (χ0n) is 13.9. The molecule has 3 aromatic rings. The zero-order valence-corrected chi connectivity index (χ0v) is 13.9. The Morgan fingerprint density at radius 3 is 2.52 bits per heavy atom. The minimum absolute atomic E-state index is 0.0909. The van der Waals surface area contributed by atoms with Crippen LogP contribution >= 0.6 is 0 Å². The summed E-state index contributed by atoms with van der Waals surface area (Å²) in [5.41, 5.74) is 3.15. The first kappa shape index (κ1) is 17.0. The molecule has 0 aliphatic heterocycles. The molecular formula is C18H18F2N4O. The number of halogens is 2. The van der Waals surface area contributed by atoms with Crippen molar-refractivity contribution in [1.82, 2.24) is 15.0 Å². The lowest BCUT2D eigenvalue weighted by atomic mass is 10.2. The van der Waals surface area contributed by atoms with Gasteiger partial charge in [-0.3, -0.25) is 10.2 Å². The molecule has 0 spiro atoms. The summed E-state index contributed by atoms with van der Waals surface area (Å²) in [6, 6.07) is 9.68. The van der Waals surface area contributed by atoms with Gasteiger partial charge in [-0.25, -0.2) is 18.4 Å². The number of aromatic nitrogens is 2. The van der Waals surface area contributed by atoms with Crippen molar-refractivity contribution in [2.75, 3.05) is 12.5 Å². The molecule has 1 atom stereocenters. The van der Waals surface area contributed by atoms with Crippen LogP contribution in [0.2, 0.25) is 0 Å². The van der Waals surface area contributed by atoms with E-state index >= 15 is 0 Å². The van der Waals surface area contributed by atoms with Gasteiger partial charge < -0.3 is 5.32 Å². The molecule has 5 nitrogen and oxygen atoms in total. The maximum absolute atomic E-state index is 14.2. The minimum atomic E-state index is -0.631. The van der Waals surface area contributed by atoms with E-state index in [0.29, 0.717) is 23.4 Å². The van der Waals surface area contributed by atoms with Gasteiger partial charge in [0.15, 0.2) is 0 Å². The third kappa shape index (κ3) is 3.23. The lowest BCUT2D eigenvalue weighted by Gasteiger charge is -2.21. The van der Waals surface area contributed by atoms with Crippen LogP contribution in [-0.2, 0) is 0 Å². The highest BCUT2D eigenvalue weighted by atomic mass is 19.1. The van der Waals surface area contributed by atoms with E-state index in [0.717, 1.165) is 0 Å². The number of benzene rings is 2. The van der Waals surface area contributed by atoms with Crippen LogP contribution in [0.15, 0.2) is 47.3 Å². The fraction of sp³-hybridized carbons (Fsp3) is 0.222. The second-order valence-corrected chi connectivity index (χ2v) is 5.61. The lowest BCUT2D eigenvalue weighted by molar-refractivity contribution is 0.520. The molecule has 0 bridgehead atoms. The van der Waals surface area contributed by atoms with Crippen molar-refractivity contribution >= 4 is 16.6 Å². The van der Waals surface area contributed by atoms with Crippen LogP contribution in [-0.4, -0.2) is 16.7 Å². The van der Waals surface area contributed by atoms with Crippen molar-refractivity contribution in [3.63, 3.8) is 0 Å². The Kier molecular flexibility index (Phi) is 4.76. The summed E-state index contributed by atoms with van der Waals surface area (Å²) in [6.45, 7) is 1.95. The molecule has 1 heterocycles. The molecule has 0 saturated carbocycles. The van der Waals surface area contributed by atoms with Crippen LogP contribution < -0.4 is 16.3 Å². The Bertz CT molecular complexity index is 950. The highest BCUT2D eigenvalue weighted by Crippen LogP contribution is 2.19. The van der Waals surface area contributed by atoms with E-state index in [4.69, 9.17) is 0 Å². The van der Waals surface area contributed by atoms with E-state index in [-0.39, 0.29) is 17.2 Å². The van der Waals surface area contributed by atoms with E-state index < -0.39 is 11.4 Å². The van der Waals surface area contributed by atoms with Crippen molar-refractivity contribution in [3.8, 4) is 0 Å². The summed E-state index contributed by atoms with van der Waals surface area (Å²) in [4.78, 5) is 17.4. The first-order chi connectivity index (χ1) is 12.0. The largest absolute Gasteiger partial charge is 0.310 e. The lowest BCUT2D eigenvalue weighted by Crippen LogP contribution is -2.35. The molecule has 2 N–H and O–H groups in total. The smallest absolute Gasteiger partial charge is 0.283 e. The molecule has 25 heavy (non-hydrogen) atoms. The number of rotatable bonds is 5. The van der Waals surface area contributed by atoms with Crippen LogP contribution in [0, 0.1) is 11.6 Å². The first-order valence-electron chi connectivity index (χ1n) is 7.96. The fourth-order valence-electron chi connectivity index (χ4n) is 2.72. The Morgan fingerprint density at radius 1 is 1.16 bits per heavy atom. The van der Waals surface area contributed by atoms with E-state index in [1.165, 1.54) is 41.1 Å². The second-order valence-electron chi connectivity index (χ2n) is 5.61. The molecule has 3 rings (SSSR count). The fourth-order valence-corrected chi connectivity index (χ4v) is 2.72. The van der Waals surface area contributed by atoms with Gasteiger partial charge in [-0.15, -0.1) is 0 Å². The van der Waals surface area contributed by atoms with Crippen LogP contribution in [0.5, 0.6) is 0 Å². The maximum Gasteiger partial charge on any atom is 0.283 e. The van der Waals surface area contributed by atoms with Crippen molar-refractivity contribution in [3.05, 3.63) is 70.3 Å². The zero-order chi connectivity index (χ0) is 18.0. The number of nitrogens with zero attached hydrogens (tertiary/aromatic N) is 2. The van der Waals surface area contributed by atoms with Crippen LogP contribution in [0.4, 0.5) is 14.5 Å². The molecule has 0 amide bonds. The number of hydrogen-bond donors (Lipinski definition) is 2. The highest BCUT2D eigenvalue weighted by molar-refractivity contribution is 5.78. The number of nitrogens with one attached hydrogen (secondary N) is 2.